The van der Waals surface area contributed by atoms with Gasteiger partial charge in [0.05, 0.1) is 1.93 Å². The second-order valence-electron chi connectivity index (χ2n) is 2.13. The quantitative estimate of drug-likeness (QED) is 0.520. The summed E-state index contributed by atoms with van der Waals surface area (Å²) in [6.07, 6.45) is 0. The summed E-state index contributed by atoms with van der Waals surface area (Å²) in [5.74, 6) is 0.610. The lowest BCUT2D eigenvalue weighted by Crippen LogP contribution is -1.87. The molecule has 0 amide bonds. The monoisotopic (exact) mass is 392 g/mol. The minimum atomic E-state index is 0.514. The van der Waals surface area contributed by atoms with Crippen LogP contribution in [0, 0.1) is 0 Å². The number of benzene rings is 1. The highest BCUT2D eigenvalue weighted by atomic mass is 127. The lowest BCUT2D eigenvalue weighted by Gasteiger charge is -2.06. The van der Waals surface area contributed by atoms with Crippen molar-refractivity contribution in [3.05, 3.63) is 35.4 Å². The van der Waals surface area contributed by atoms with E-state index in [1.54, 1.807) is 0 Å². The molecule has 0 spiro atoms. The van der Waals surface area contributed by atoms with Crippen molar-refractivity contribution < 1.29 is 0 Å². The van der Waals surface area contributed by atoms with Crippen molar-refractivity contribution in [2.24, 2.45) is 0 Å². The van der Waals surface area contributed by atoms with E-state index in [0.717, 1.165) is 0 Å². The van der Waals surface area contributed by atoms with E-state index < -0.39 is 0 Å². The van der Waals surface area contributed by atoms with E-state index in [9.17, 15) is 0 Å². The van der Waals surface area contributed by atoms with Crippen molar-refractivity contribution in [2.75, 3.05) is 0 Å². The molecule has 0 saturated heterocycles. The molecule has 1 aromatic carbocycles. The van der Waals surface area contributed by atoms with Gasteiger partial charge in [0, 0.05) is 5.88 Å². The Bertz CT molecular complexity index is 235. The molecule has 0 unspecified atom stereocenters. The van der Waals surface area contributed by atoms with Crippen LogP contribution in [0.2, 0.25) is 0 Å². The minimum Gasteiger partial charge on any atom is -0.122 e. The first-order valence-electron chi connectivity index (χ1n) is 3.17. The molecule has 0 aliphatic rings. The molecule has 0 fully saturated rings. The summed E-state index contributed by atoms with van der Waals surface area (Å²) in [5, 5.41) is 0. The fourth-order valence-electron chi connectivity index (χ4n) is 0.869. The van der Waals surface area contributed by atoms with E-state index >= 15 is 0 Å². The zero-order valence-electron chi connectivity index (χ0n) is 5.73. The van der Waals surface area contributed by atoms with Crippen LogP contribution in [0.3, 0.4) is 0 Å². The molecule has 0 aromatic heterocycles. The number of hydrogen-bond acceptors (Lipinski definition) is 0. The molecule has 0 nitrogen and oxygen atoms in total. The molecule has 0 N–H and O–H groups in total. The molecule has 0 heterocycles. The molecular weight excluding hydrogens is 385 g/mol. The van der Waals surface area contributed by atoms with Crippen LogP contribution >= 0.6 is 56.8 Å². The fraction of sp³-hybridized carbons (Fsp3) is 0.250. The first-order chi connectivity index (χ1) is 5.25. The molecule has 1 aromatic rings. The van der Waals surface area contributed by atoms with Crippen LogP contribution in [-0.4, -0.2) is 0 Å². The highest BCUT2D eigenvalue weighted by Crippen LogP contribution is 2.33. The highest BCUT2D eigenvalue weighted by molar-refractivity contribution is 14.2. The number of hydrogen-bond donors (Lipinski definition) is 0. The molecule has 0 atom stereocenters. The van der Waals surface area contributed by atoms with Gasteiger partial charge in [-0.3, -0.25) is 0 Å². The highest BCUT2D eigenvalue weighted by Gasteiger charge is 2.05. The van der Waals surface area contributed by atoms with E-state index in [4.69, 9.17) is 11.6 Å². The average molecular weight is 392 g/mol. The molecule has 60 valence electrons. The van der Waals surface area contributed by atoms with Crippen molar-refractivity contribution >= 4 is 56.8 Å². The Morgan fingerprint density at radius 2 is 1.91 bits per heavy atom. The first kappa shape index (κ1) is 10.1. The zero-order valence-corrected chi connectivity index (χ0v) is 10.8. The first-order valence-corrected chi connectivity index (χ1v) is 6.20. The molecule has 0 aliphatic heterocycles. The largest absolute Gasteiger partial charge is 0.122 e. The van der Waals surface area contributed by atoms with Crippen LogP contribution < -0.4 is 0 Å². The van der Waals surface area contributed by atoms with Gasteiger partial charge >= 0.3 is 0 Å². The molecule has 0 radical (unpaired) electrons. The molecule has 0 saturated carbocycles. The zero-order chi connectivity index (χ0) is 8.27. The van der Waals surface area contributed by atoms with Gasteiger partial charge in [0.2, 0.25) is 0 Å². The molecule has 0 bridgehead atoms. The van der Waals surface area contributed by atoms with Crippen LogP contribution in [0.25, 0.3) is 0 Å². The molecule has 1 rings (SSSR count). The summed E-state index contributed by atoms with van der Waals surface area (Å²) in [4.78, 5) is 0. The maximum atomic E-state index is 5.77. The average Bonchev–Trinajstić information content (AvgIpc) is 2.04. The van der Waals surface area contributed by atoms with Crippen LogP contribution in [0.4, 0.5) is 0 Å². The molecular formula is C8H7ClI2. The van der Waals surface area contributed by atoms with Crippen LogP contribution in [-0.2, 0) is 5.88 Å². The summed E-state index contributed by atoms with van der Waals surface area (Å²) in [5.41, 5.74) is 2.58. The Hall–Kier alpha value is 0.970. The van der Waals surface area contributed by atoms with Gasteiger partial charge in [0.1, 0.15) is 0 Å². The summed E-state index contributed by atoms with van der Waals surface area (Å²) in [7, 11) is 0. The van der Waals surface area contributed by atoms with E-state index in [1.807, 2.05) is 6.07 Å². The van der Waals surface area contributed by atoms with Crippen molar-refractivity contribution in [2.45, 2.75) is 7.81 Å². The van der Waals surface area contributed by atoms with Crippen LogP contribution in [0.5, 0.6) is 0 Å². The maximum Gasteiger partial charge on any atom is 0.0877 e. The predicted molar refractivity (Wildman–Crippen MR) is 66.8 cm³/mol. The van der Waals surface area contributed by atoms with Crippen molar-refractivity contribution in [3.63, 3.8) is 0 Å². The Balaban J connectivity index is 3.02. The molecule has 3 heteroatoms. The topological polar surface area (TPSA) is 0 Å². The molecule has 0 aliphatic carbocycles. The van der Waals surface area contributed by atoms with E-state index in [0.29, 0.717) is 7.81 Å². The fourth-order valence-corrected chi connectivity index (χ4v) is 2.33. The van der Waals surface area contributed by atoms with Crippen molar-refractivity contribution in [1.29, 1.82) is 0 Å². The normalized spacial score (nSPS) is 10.5. The van der Waals surface area contributed by atoms with Gasteiger partial charge < -0.3 is 0 Å². The van der Waals surface area contributed by atoms with Gasteiger partial charge in [0.15, 0.2) is 0 Å². The molecule has 11 heavy (non-hydrogen) atoms. The van der Waals surface area contributed by atoms with Crippen LogP contribution in [0.15, 0.2) is 24.3 Å². The number of halogens is 3. The Kier molecular flexibility index (Phi) is 4.45. The van der Waals surface area contributed by atoms with Gasteiger partial charge in [-0.15, -0.1) is 11.6 Å². The SMILES string of the molecule is ClCc1ccccc1C(I)I. The summed E-state index contributed by atoms with van der Waals surface area (Å²) in [6, 6.07) is 8.28. The third-order valence-electron chi connectivity index (χ3n) is 1.43. The summed E-state index contributed by atoms with van der Waals surface area (Å²) in [6.45, 7) is 0. The summed E-state index contributed by atoms with van der Waals surface area (Å²) < 4.78 is 0.514. The van der Waals surface area contributed by atoms with Gasteiger partial charge in [-0.05, 0) is 11.1 Å². The van der Waals surface area contributed by atoms with Crippen molar-refractivity contribution in [3.8, 4) is 0 Å². The lowest BCUT2D eigenvalue weighted by atomic mass is 10.1. The third-order valence-corrected chi connectivity index (χ3v) is 3.06. The minimum absolute atomic E-state index is 0.514. The predicted octanol–water partition coefficient (Wildman–Crippen LogP) is 4.29. The van der Waals surface area contributed by atoms with E-state index in [2.05, 4.69) is 63.4 Å². The number of alkyl halides is 3. The van der Waals surface area contributed by atoms with Gasteiger partial charge in [-0.25, -0.2) is 0 Å². The van der Waals surface area contributed by atoms with E-state index in [1.165, 1.54) is 11.1 Å². The Labute approximate surface area is 99.0 Å². The van der Waals surface area contributed by atoms with Crippen LogP contribution in [0.1, 0.15) is 13.1 Å². The smallest absolute Gasteiger partial charge is 0.0877 e. The van der Waals surface area contributed by atoms with Gasteiger partial charge in [0.25, 0.3) is 0 Å². The standard InChI is InChI=1S/C8H7ClI2/c9-5-6-3-1-2-4-7(6)8(10)11/h1-4,8H,5H2. The van der Waals surface area contributed by atoms with Gasteiger partial charge in [-0.1, -0.05) is 69.4 Å². The Morgan fingerprint density at radius 3 is 2.36 bits per heavy atom. The second-order valence-corrected chi connectivity index (χ2v) is 7.28. The number of rotatable bonds is 2. The van der Waals surface area contributed by atoms with Crippen molar-refractivity contribution in [1.82, 2.24) is 0 Å². The third kappa shape index (κ3) is 2.73. The Morgan fingerprint density at radius 1 is 1.27 bits per heavy atom. The maximum absolute atomic E-state index is 5.77. The lowest BCUT2D eigenvalue weighted by molar-refractivity contribution is 1.30. The summed E-state index contributed by atoms with van der Waals surface area (Å²) >= 11 is 10.5. The van der Waals surface area contributed by atoms with E-state index in [-0.39, 0.29) is 0 Å². The second kappa shape index (κ2) is 4.87. The van der Waals surface area contributed by atoms with Gasteiger partial charge in [-0.2, -0.15) is 0 Å².